The van der Waals surface area contributed by atoms with E-state index in [1.54, 1.807) is 6.20 Å². The average molecular weight is 247 g/mol. The molecule has 1 aromatic heterocycles. The first-order valence-corrected chi connectivity index (χ1v) is 7.16. The Kier molecular flexibility index (Phi) is 5.00. The minimum Gasteiger partial charge on any atom is -0.397 e. The SMILES string of the molecule is CN(CCc1ccc(N)cn1)C1CCCCCC1. The molecule has 2 N–H and O–H groups in total. The number of nitrogens with two attached hydrogens (primary N) is 1. The van der Waals surface area contributed by atoms with Gasteiger partial charge in [0, 0.05) is 24.7 Å². The lowest BCUT2D eigenvalue weighted by molar-refractivity contribution is 0.223. The topological polar surface area (TPSA) is 42.1 Å². The quantitative estimate of drug-likeness (QED) is 0.832. The van der Waals surface area contributed by atoms with Crippen LogP contribution in [0.1, 0.15) is 44.2 Å². The van der Waals surface area contributed by atoms with Crippen molar-refractivity contribution in [1.82, 2.24) is 9.88 Å². The fourth-order valence-corrected chi connectivity index (χ4v) is 2.76. The molecular formula is C15H25N3. The van der Waals surface area contributed by atoms with Gasteiger partial charge in [-0.25, -0.2) is 0 Å². The van der Waals surface area contributed by atoms with Gasteiger partial charge in [-0.15, -0.1) is 0 Å². The van der Waals surface area contributed by atoms with Crippen molar-refractivity contribution in [2.45, 2.75) is 51.0 Å². The van der Waals surface area contributed by atoms with Crippen LogP contribution in [-0.2, 0) is 6.42 Å². The first kappa shape index (κ1) is 13.3. The molecule has 1 heterocycles. The summed E-state index contributed by atoms with van der Waals surface area (Å²) in [5, 5.41) is 0. The van der Waals surface area contributed by atoms with E-state index < -0.39 is 0 Å². The molecule has 1 aliphatic rings. The van der Waals surface area contributed by atoms with Gasteiger partial charge in [0.2, 0.25) is 0 Å². The van der Waals surface area contributed by atoms with Crippen molar-refractivity contribution in [2.75, 3.05) is 19.3 Å². The van der Waals surface area contributed by atoms with Gasteiger partial charge in [0.15, 0.2) is 0 Å². The highest BCUT2D eigenvalue weighted by atomic mass is 15.1. The molecule has 1 saturated carbocycles. The van der Waals surface area contributed by atoms with Gasteiger partial charge in [-0.05, 0) is 32.0 Å². The molecule has 0 radical (unpaired) electrons. The van der Waals surface area contributed by atoms with E-state index in [0.717, 1.165) is 30.4 Å². The van der Waals surface area contributed by atoms with Crippen LogP contribution in [0.15, 0.2) is 18.3 Å². The van der Waals surface area contributed by atoms with Crippen molar-refractivity contribution in [3.8, 4) is 0 Å². The molecule has 3 heteroatoms. The van der Waals surface area contributed by atoms with Crippen LogP contribution in [0, 0.1) is 0 Å². The Balaban J connectivity index is 1.79. The Morgan fingerprint density at radius 3 is 2.56 bits per heavy atom. The van der Waals surface area contributed by atoms with Crippen LogP contribution in [-0.4, -0.2) is 29.5 Å². The molecular weight excluding hydrogens is 222 g/mol. The number of rotatable bonds is 4. The molecule has 1 fully saturated rings. The summed E-state index contributed by atoms with van der Waals surface area (Å²) < 4.78 is 0. The van der Waals surface area contributed by atoms with Crippen LogP contribution in [0.5, 0.6) is 0 Å². The number of pyridine rings is 1. The van der Waals surface area contributed by atoms with E-state index in [9.17, 15) is 0 Å². The maximum Gasteiger partial charge on any atom is 0.0501 e. The summed E-state index contributed by atoms with van der Waals surface area (Å²) in [6.07, 6.45) is 11.1. The van der Waals surface area contributed by atoms with E-state index in [4.69, 9.17) is 5.73 Å². The molecule has 0 bridgehead atoms. The molecule has 0 saturated heterocycles. The van der Waals surface area contributed by atoms with Crippen LogP contribution in [0.4, 0.5) is 5.69 Å². The van der Waals surface area contributed by atoms with E-state index in [2.05, 4.69) is 16.9 Å². The second-order valence-electron chi connectivity index (χ2n) is 5.46. The molecule has 0 unspecified atom stereocenters. The number of hydrogen-bond acceptors (Lipinski definition) is 3. The van der Waals surface area contributed by atoms with Gasteiger partial charge in [-0.1, -0.05) is 25.7 Å². The Morgan fingerprint density at radius 1 is 1.22 bits per heavy atom. The van der Waals surface area contributed by atoms with Crippen LogP contribution >= 0.6 is 0 Å². The normalized spacial score (nSPS) is 17.9. The zero-order valence-corrected chi connectivity index (χ0v) is 11.4. The summed E-state index contributed by atoms with van der Waals surface area (Å²) in [7, 11) is 2.26. The molecule has 1 aliphatic carbocycles. The molecule has 0 atom stereocenters. The van der Waals surface area contributed by atoms with Crippen LogP contribution in [0.25, 0.3) is 0 Å². The van der Waals surface area contributed by atoms with E-state index in [1.807, 2.05) is 12.1 Å². The third-order valence-electron chi connectivity index (χ3n) is 4.02. The van der Waals surface area contributed by atoms with Crippen molar-refractivity contribution < 1.29 is 0 Å². The lowest BCUT2D eigenvalue weighted by atomic mass is 10.1. The van der Waals surface area contributed by atoms with Crippen LogP contribution < -0.4 is 5.73 Å². The van der Waals surface area contributed by atoms with Gasteiger partial charge in [0.25, 0.3) is 0 Å². The highest BCUT2D eigenvalue weighted by Gasteiger charge is 2.16. The van der Waals surface area contributed by atoms with E-state index in [1.165, 1.54) is 38.5 Å². The van der Waals surface area contributed by atoms with Gasteiger partial charge >= 0.3 is 0 Å². The standard InChI is InChI=1S/C15H25N3/c1-18(15-6-4-2-3-5-7-15)11-10-14-9-8-13(16)12-17-14/h8-9,12,15H,2-7,10-11,16H2,1H3. The second-order valence-corrected chi connectivity index (χ2v) is 5.46. The van der Waals surface area contributed by atoms with E-state index >= 15 is 0 Å². The smallest absolute Gasteiger partial charge is 0.0501 e. The lowest BCUT2D eigenvalue weighted by Crippen LogP contribution is -2.33. The molecule has 0 aliphatic heterocycles. The molecule has 0 aromatic carbocycles. The number of aromatic nitrogens is 1. The summed E-state index contributed by atoms with van der Waals surface area (Å²) in [5.41, 5.74) is 7.53. The van der Waals surface area contributed by atoms with Crippen molar-refractivity contribution >= 4 is 5.69 Å². The van der Waals surface area contributed by atoms with Crippen molar-refractivity contribution in [3.05, 3.63) is 24.0 Å². The van der Waals surface area contributed by atoms with Gasteiger partial charge in [0.05, 0.1) is 11.9 Å². The average Bonchev–Trinajstić information content (AvgIpc) is 2.66. The van der Waals surface area contributed by atoms with Gasteiger partial charge in [-0.2, -0.15) is 0 Å². The Morgan fingerprint density at radius 2 is 1.94 bits per heavy atom. The minimum atomic E-state index is 0.746. The first-order valence-electron chi connectivity index (χ1n) is 7.16. The zero-order valence-electron chi connectivity index (χ0n) is 11.4. The highest BCUT2D eigenvalue weighted by molar-refractivity contribution is 5.34. The third-order valence-corrected chi connectivity index (χ3v) is 4.02. The Hall–Kier alpha value is -1.09. The Labute approximate surface area is 110 Å². The summed E-state index contributed by atoms with van der Waals surface area (Å²) in [6, 6.07) is 4.76. The molecule has 0 spiro atoms. The Bertz CT molecular complexity index is 339. The van der Waals surface area contributed by atoms with E-state index in [0.29, 0.717) is 0 Å². The second kappa shape index (κ2) is 6.74. The first-order chi connectivity index (χ1) is 8.75. The van der Waals surface area contributed by atoms with E-state index in [-0.39, 0.29) is 0 Å². The largest absolute Gasteiger partial charge is 0.397 e. The number of likely N-dealkylation sites (N-methyl/N-ethyl adjacent to an activating group) is 1. The fourth-order valence-electron chi connectivity index (χ4n) is 2.76. The summed E-state index contributed by atoms with van der Waals surface area (Å²) in [4.78, 5) is 6.88. The molecule has 100 valence electrons. The zero-order chi connectivity index (χ0) is 12.8. The number of hydrogen-bond donors (Lipinski definition) is 1. The monoisotopic (exact) mass is 247 g/mol. The fraction of sp³-hybridized carbons (Fsp3) is 0.667. The molecule has 18 heavy (non-hydrogen) atoms. The molecule has 3 nitrogen and oxygen atoms in total. The highest BCUT2D eigenvalue weighted by Crippen LogP contribution is 2.21. The lowest BCUT2D eigenvalue weighted by Gasteiger charge is -2.26. The van der Waals surface area contributed by atoms with Crippen molar-refractivity contribution in [3.63, 3.8) is 0 Å². The number of nitrogen functional groups attached to an aromatic ring is 1. The number of nitrogens with zero attached hydrogens (tertiary/aromatic N) is 2. The maximum atomic E-state index is 5.64. The van der Waals surface area contributed by atoms with Gasteiger partial charge in [0.1, 0.15) is 0 Å². The summed E-state index contributed by atoms with van der Waals surface area (Å²) >= 11 is 0. The van der Waals surface area contributed by atoms with Crippen LogP contribution in [0.2, 0.25) is 0 Å². The summed E-state index contributed by atoms with van der Waals surface area (Å²) in [6.45, 7) is 1.10. The maximum absolute atomic E-state index is 5.64. The van der Waals surface area contributed by atoms with Crippen molar-refractivity contribution in [1.29, 1.82) is 0 Å². The predicted molar refractivity (Wildman–Crippen MR) is 76.5 cm³/mol. The molecule has 1 aromatic rings. The summed E-state index contributed by atoms with van der Waals surface area (Å²) in [5.74, 6) is 0. The number of anilines is 1. The van der Waals surface area contributed by atoms with Gasteiger partial charge in [-0.3, -0.25) is 4.98 Å². The molecule has 0 amide bonds. The third kappa shape index (κ3) is 3.98. The minimum absolute atomic E-state index is 0.746. The van der Waals surface area contributed by atoms with Crippen molar-refractivity contribution in [2.24, 2.45) is 0 Å². The van der Waals surface area contributed by atoms with Crippen LogP contribution in [0.3, 0.4) is 0 Å². The predicted octanol–water partition coefficient (Wildman–Crippen LogP) is 2.86. The molecule has 2 rings (SSSR count). The van der Waals surface area contributed by atoms with Gasteiger partial charge < -0.3 is 10.6 Å².